The third-order valence-corrected chi connectivity index (χ3v) is 4.49. The molecule has 0 saturated heterocycles. The lowest BCUT2D eigenvalue weighted by Crippen LogP contribution is -2.17. The zero-order valence-corrected chi connectivity index (χ0v) is 15.6. The summed E-state index contributed by atoms with van der Waals surface area (Å²) in [6.45, 7) is 3.87. The summed E-state index contributed by atoms with van der Waals surface area (Å²) in [6.07, 6.45) is 1.35. The van der Waals surface area contributed by atoms with Crippen molar-refractivity contribution in [3.63, 3.8) is 0 Å². The van der Waals surface area contributed by atoms with Crippen LogP contribution < -0.4 is 11.1 Å². The third-order valence-electron chi connectivity index (χ3n) is 3.63. The number of nitrogens with zero attached hydrogens (tertiary/aromatic N) is 5. The quantitative estimate of drug-likeness (QED) is 0.515. The SMILES string of the molecule is Cc1ccc(-n2nc(C)cc2NC(=O)CSc2ncc(C#N)c(N)n2)cc1. The first-order valence-electron chi connectivity index (χ1n) is 8.05. The fourth-order valence-corrected chi connectivity index (χ4v) is 2.94. The van der Waals surface area contributed by atoms with Gasteiger partial charge in [0.05, 0.1) is 23.3 Å². The Hall–Kier alpha value is -3.38. The van der Waals surface area contributed by atoms with Crippen LogP contribution in [0.25, 0.3) is 5.69 Å². The standard InChI is InChI=1S/C18H17N7OS/c1-11-3-5-14(6-4-11)25-15(7-12(2)24-25)22-16(26)10-27-18-21-9-13(8-19)17(20)23-18/h3-7,9H,10H2,1-2H3,(H,22,26)(H2,20,21,23). The summed E-state index contributed by atoms with van der Waals surface area (Å²) in [4.78, 5) is 20.4. The highest BCUT2D eigenvalue weighted by atomic mass is 32.2. The molecule has 9 heteroatoms. The molecule has 0 aliphatic rings. The van der Waals surface area contributed by atoms with Gasteiger partial charge in [0.25, 0.3) is 0 Å². The number of hydrogen-bond acceptors (Lipinski definition) is 7. The zero-order valence-electron chi connectivity index (χ0n) is 14.8. The number of amides is 1. The van der Waals surface area contributed by atoms with Crippen molar-refractivity contribution < 1.29 is 4.79 Å². The predicted molar refractivity (Wildman–Crippen MR) is 104 cm³/mol. The predicted octanol–water partition coefficient (Wildman–Crippen LogP) is 2.46. The Bertz CT molecular complexity index is 1020. The van der Waals surface area contributed by atoms with Crippen LogP contribution in [0.4, 0.5) is 11.6 Å². The van der Waals surface area contributed by atoms with Crippen molar-refractivity contribution in [2.75, 3.05) is 16.8 Å². The number of hydrogen-bond donors (Lipinski definition) is 2. The van der Waals surface area contributed by atoms with Gasteiger partial charge in [-0.2, -0.15) is 10.4 Å². The summed E-state index contributed by atoms with van der Waals surface area (Å²) in [6, 6.07) is 11.6. The Morgan fingerprint density at radius 2 is 2.07 bits per heavy atom. The number of aromatic nitrogens is 4. The fraction of sp³-hybridized carbons (Fsp3) is 0.167. The molecule has 0 unspecified atom stereocenters. The average Bonchev–Trinajstić information content (AvgIpc) is 3.01. The van der Waals surface area contributed by atoms with E-state index in [1.165, 1.54) is 6.20 Å². The second kappa shape index (κ2) is 7.88. The number of nitriles is 1. The molecule has 2 aromatic heterocycles. The van der Waals surface area contributed by atoms with Crippen LogP contribution in [-0.4, -0.2) is 31.4 Å². The number of aryl methyl sites for hydroxylation is 2. The summed E-state index contributed by atoms with van der Waals surface area (Å²) in [5.74, 6) is 0.564. The van der Waals surface area contributed by atoms with Gasteiger partial charge in [-0.1, -0.05) is 29.5 Å². The van der Waals surface area contributed by atoms with E-state index in [0.717, 1.165) is 28.7 Å². The van der Waals surface area contributed by atoms with Crippen LogP contribution in [0.5, 0.6) is 0 Å². The van der Waals surface area contributed by atoms with E-state index >= 15 is 0 Å². The molecule has 1 aromatic carbocycles. The molecule has 0 spiro atoms. The van der Waals surface area contributed by atoms with Crippen LogP contribution in [-0.2, 0) is 4.79 Å². The Balaban J connectivity index is 1.69. The van der Waals surface area contributed by atoms with Gasteiger partial charge >= 0.3 is 0 Å². The molecular formula is C18H17N7OS. The Labute approximate surface area is 160 Å². The zero-order chi connectivity index (χ0) is 19.4. The monoisotopic (exact) mass is 379 g/mol. The molecule has 0 atom stereocenters. The minimum atomic E-state index is -0.222. The van der Waals surface area contributed by atoms with Gasteiger partial charge in [-0.3, -0.25) is 4.79 Å². The molecule has 27 heavy (non-hydrogen) atoms. The number of benzene rings is 1. The number of nitrogens with two attached hydrogens (primary N) is 1. The maximum atomic E-state index is 12.3. The van der Waals surface area contributed by atoms with Gasteiger partial charge in [-0.05, 0) is 26.0 Å². The first-order valence-corrected chi connectivity index (χ1v) is 9.04. The molecule has 136 valence electrons. The summed E-state index contributed by atoms with van der Waals surface area (Å²) in [7, 11) is 0. The van der Waals surface area contributed by atoms with Gasteiger partial charge in [-0.25, -0.2) is 14.6 Å². The van der Waals surface area contributed by atoms with Crippen molar-refractivity contribution in [1.82, 2.24) is 19.7 Å². The van der Waals surface area contributed by atoms with E-state index in [0.29, 0.717) is 11.0 Å². The van der Waals surface area contributed by atoms with Crippen molar-refractivity contribution in [1.29, 1.82) is 5.26 Å². The molecule has 0 radical (unpaired) electrons. The van der Waals surface area contributed by atoms with Gasteiger partial charge in [-0.15, -0.1) is 0 Å². The fourth-order valence-electron chi connectivity index (χ4n) is 2.31. The first kappa shape index (κ1) is 18.4. The van der Waals surface area contributed by atoms with E-state index in [9.17, 15) is 4.79 Å². The van der Waals surface area contributed by atoms with Crippen LogP contribution in [0.15, 0.2) is 41.7 Å². The molecule has 0 bridgehead atoms. The Kier molecular flexibility index (Phi) is 5.38. The number of carbonyl (C=O) groups excluding carboxylic acids is 1. The summed E-state index contributed by atoms with van der Waals surface area (Å²) < 4.78 is 1.69. The number of thioether (sulfide) groups is 1. The van der Waals surface area contributed by atoms with Crippen molar-refractivity contribution in [3.8, 4) is 11.8 Å². The van der Waals surface area contributed by atoms with Crippen LogP contribution in [0.1, 0.15) is 16.8 Å². The molecular weight excluding hydrogens is 362 g/mol. The molecule has 3 N–H and O–H groups in total. The number of anilines is 2. The maximum absolute atomic E-state index is 12.3. The third kappa shape index (κ3) is 4.43. The number of rotatable bonds is 5. The van der Waals surface area contributed by atoms with Crippen LogP contribution in [0, 0.1) is 25.2 Å². The first-order chi connectivity index (χ1) is 13.0. The maximum Gasteiger partial charge on any atom is 0.236 e. The molecule has 1 amide bonds. The topological polar surface area (TPSA) is 123 Å². The lowest BCUT2D eigenvalue weighted by Gasteiger charge is -2.09. The summed E-state index contributed by atoms with van der Waals surface area (Å²) in [5, 5.41) is 16.5. The molecule has 3 rings (SSSR count). The number of carbonyl (C=O) groups is 1. The van der Waals surface area contributed by atoms with E-state index in [-0.39, 0.29) is 23.0 Å². The van der Waals surface area contributed by atoms with Crippen LogP contribution in [0.3, 0.4) is 0 Å². The lowest BCUT2D eigenvalue weighted by atomic mass is 10.2. The van der Waals surface area contributed by atoms with E-state index in [2.05, 4.69) is 20.4 Å². The molecule has 3 aromatic rings. The highest BCUT2D eigenvalue weighted by molar-refractivity contribution is 7.99. The van der Waals surface area contributed by atoms with E-state index in [1.54, 1.807) is 10.7 Å². The normalized spacial score (nSPS) is 10.4. The summed E-state index contributed by atoms with van der Waals surface area (Å²) >= 11 is 1.14. The van der Waals surface area contributed by atoms with Gasteiger partial charge in [0.2, 0.25) is 5.91 Å². The smallest absolute Gasteiger partial charge is 0.236 e. The minimum Gasteiger partial charge on any atom is -0.382 e. The largest absolute Gasteiger partial charge is 0.382 e. The second-order valence-corrected chi connectivity index (χ2v) is 6.76. The molecule has 8 nitrogen and oxygen atoms in total. The van der Waals surface area contributed by atoms with E-state index in [4.69, 9.17) is 11.0 Å². The molecule has 0 saturated carbocycles. The average molecular weight is 379 g/mol. The van der Waals surface area contributed by atoms with Crippen LogP contribution >= 0.6 is 11.8 Å². The van der Waals surface area contributed by atoms with Gasteiger partial charge in [0.15, 0.2) is 5.16 Å². The second-order valence-electron chi connectivity index (χ2n) is 5.82. The van der Waals surface area contributed by atoms with Crippen molar-refractivity contribution >= 4 is 29.3 Å². The van der Waals surface area contributed by atoms with Crippen LogP contribution in [0.2, 0.25) is 0 Å². The minimum absolute atomic E-state index is 0.100. The molecule has 2 heterocycles. The van der Waals surface area contributed by atoms with E-state index < -0.39 is 0 Å². The van der Waals surface area contributed by atoms with Gasteiger partial charge in [0, 0.05) is 6.07 Å². The molecule has 0 aliphatic heterocycles. The van der Waals surface area contributed by atoms with E-state index in [1.807, 2.05) is 44.2 Å². The van der Waals surface area contributed by atoms with Gasteiger partial charge < -0.3 is 11.1 Å². The van der Waals surface area contributed by atoms with Crippen molar-refractivity contribution in [3.05, 3.63) is 53.3 Å². The molecule has 0 fully saturated rings. The Morgan fingerprint density at radius 3 is 2.74 bits per heavy atom. The highest BCUT2D eigenvalue weighted by Gasteiger charge is 2.12. The highest BCUT2D eigenvalue weighted by Crippen LogP contribution is 2.19. The number of nitrogen functional groups attached to an aromatic ring is 1. The lowest BCUT2D eigenvalue weighted by molar-refractivity contribution is -0.113. The van der Waals surface area contributed by atoms with Crippen molar-refractivity contribution in [2.24, 2.45) is 0 Å². The Morgan fingerprint density at radius 1 is 1.33 bits per heavy atom. The van der Waals surface area contributed by atoms with Crippen molar-refractivity contribution in [2.45, 2.75) is 19.0 Å². The number of nitrogens with one attached hydrogen (secondary N) is 1. The van der Waals surface area contributed by atoms with Gasteiger partial charge in [0.1, 0.15) is 23.3 Å². The summed E-state index contributed by atoms with van der Waals surface area (Å²) in [5.41, 5.74) is 8.67. The molecule has 0 aliphatic carbocycles.